The minimum atomic E-state index is -2.20. The molecule has 3 aromatic rings. The number of nitrogens with one attached hydrogen (secondary N) is 2. The van der Waals surface area contributed by atoms with Crippen LogP contribution < -0.4 is 19.5 Å². The lowest BCUT2D eigenvalue weighted by molar-refractivity contribution is -0.247. The number of ether oxygens (including phenoxy) is 4. The molecule has 4 atom stereocenters. The third-order valence-corrected chi connectivity index (χ3v) is 4.73. The molecule has 0 spiro atoms. The highest BCUT2D eigenvalue weighted by atomic mass is 16.7. The summed E-state index contributed by atoms with van der Waals surface area (Å²) in [5.41, 5.74) is 0.716. The highest BCUT2D eigenvalue weighted by Crippen LogP contribution is 2.35. The largest absolute Gasteiger partial charge is 0.490 e. The number of aromatic nitrogens is 4. The van der Waals surface area contributed by atoms with Crippen molar-refractivity contribution in [3.8, 4) is 17.4 Å². The highest BCUT2D eigenvalue weighted by molar-refractivity contribution is 5.74. The molecule has 0 aromatic carbocycles. The maximum absolute atomic E-state index is 11.1. The van der Waals surface area contributed by atoms with Gasteiger partial charge in [0.15, 0.2) is 23.3 Å². The SMILES string of the molecule is COc1coc(CN[C@]2(O)O[C@H](CO)[C@@H](O)[C@@H]2Oc2ncnc3nc[nH]c23)c1OC. The Labute approximate surface area is 169 Å². The van der Waals surface area contributed by atoms with Crippen LogP contribution in [0.1, 0.15) is 5.76 Å². The number of H-pyrrole nitrogens is 1. The van der Waals surface area contributed by atoms with E-state index >= 15 is 0 Å². The molecule has 162 valence electrons. The minimum Gasteiger partial charge on any atom is -0.490 e. The van der Waals surface area contributed by atoms with Gasteiger partial charge in [-0.25, -0.2) is 9.97 Å². The van der Waals surface area contributed by atoms with Gasteiger partial charge in [0, 0.05) is 0 Å². The summed E-state index contributed by atoms with van der Waals surface area (Å²) in [6.45, 7) is -0.622. The average molecular weight is 423 g/mol. The van der Waals surface area contributed by atoms with Gasteiger partial charge in [0.25, 0.3) is 5.91 Å². The Balaban J connectivity index is 1.59. The molecular weight excluding hydrogens is 402 g/mol. The van der Waals surface area contributed by atoms with Crippen LogP contribution in [0.2, 0.25) is 0 Å². The quantitative estimate of drug-likeness (QED) is 0.277. The molecule has 4 rings (SSSR count). The second-order valence-electron chi connectivity index (χ2n) is 6.46. The second kappa shape index (κ2) is 8.04. The van der Waals surface area contributed by atoms with Gasteiger partial charge in [-0.15, -0.1) is 0 Å². The lowest BCUT2D eigenvalue weighted by Gasteiger charge is -2.29. The number of aliphatic hydroxyl groups is 3. The summed E-state index contributed by atoms with van der Waals surface area (Å²) >= 11 is 0. The van der Waals surface area contributed by atoms with Crippen LogP contribution in [0.25, 0.3) is 11.2 Å². The molecule has 13 heteroatoms. The van der Waals surface area contributed by atoms with Crippen molar-refractivity contribution in [1.82, 2.24) is 25.3 Å². The first-order valence-electron chi connectivity index (χ1n) is 8.94. The maximum atomic E-state index is 11.1. The van der Waals surface area contributed by atoms with E-state index in [0.717, 1.165) is 0 Å². The summed E-state index contributed by atoms with van der Waals surface area (Å²) < 4.78 is 27.0. The lowest BCUT2D eigenvalue weighted by atomic mass is 10.1. The fraction of sp³-hybridized carbons (Fsp3) is 0.471. The van der Waals surface area contributed by atoms with Crippen molar-refractivity contribution in [2.24, 2.45) is 0 Å². The molecule has 0 bridgehead atoms. The van der Waals surface area contributed by atoms with Gasteiger partial charge in [-0.3, -0.25) is 5.32 Å². The van der Waals surface area contributed by atoms with E-state index < -0.39 is 30.8 Å². The van der Waals surface area contributed by atoms with Crippen LogP contribution in [-0.2, 0) is 11.3 Å². The van der Waals surface area contributed by atoms with E-state index in [9.17, 15) is 15.3 Å². The zero-order chi connectivity index (χ0) is 21.3. The van der Waals surface area contributed by atoms with E-state index in [4.69, 9.17) is 23.4 Å². The van der Waals surface area contributed by atoms with E-state index in [-0.39, 0.29) is 12.4 Å². The Morgan fingerprint density at radius 3 is 2.83 bits per heavy atom. The van der Waals surface area contributed by atoms with Crippen LogP contribution in [0.5, 0.6) is 17.4 Å². The number of aromatic amines is 1. The van der Waals surface area contributed by atoms with Crippen molar-refractivity contribution in [2.45, 2.75) is 30.8 Å². The van der Waals surface area contributed by atoms with Crippen molar-refractivity contribution < 1.29 is 38.7 Å². The molecule has 1 aliphatic heterocycles. The van der Waals surface area contributed by atoms with Crippen molar-refractivity contribution >= 4 is 11.2 Å². The fourth-order valence-electron chi connectivity index (χ4n) is 3.24. The number of methoxy groups -OCH3 is 2. The number of nitrogens with zero attached hydrogens (tertiary/aromatic N) is 3. The monoisotopic (exact) mass is 423 g/mol. The topological polar surface area (TPSA) is 177 Å². The molecule has 0 amide bonds. The summed E-state index contributed by atoms with van der Waals surface area (Å²) in [5, 5.41) is 33.9. The van der Waals surface area contributed by atoms with Crippen LogP contribution in [0, 0.1) is 0 Å². The molecule has 1 fully saturated rings. The lowest BCUT2D eigenvalue weighted by Crippen LogP contribution is -2.56. The molecule has 0 radical (unpaired) electrons. The fourth-order valence-corrected chi connectivity index (χ4v) is 3.24. The van der Waals surface area contributed by atoms with E-state index in [0.29, 0.717) is 28.4 Å². The number of hydrogen-bond acceptors (Lipinski definition) is 12. The second-order valence-corrected chi connectivity index (χ2v) is 6.46. The Kier molecular flexibility index (Phi) is 5.44. The average Bonchev–Trinajstić information content (AvgIpc) is 3.45. The molecule has 30 heavy (non-hydrogen) atoms. The highest BCUT2D eigenvalue weighted by Gasteiger charge is 2.56. The van der Waals surface area contributed by atoms with Gasteiger partial charge in [-0.05, 0) is 0 Å². The molecule has 3 aromatic heterocycles. The van der Waals surface area contributed by atoms with Gasteiger partial charge < -0.3 is 43.7 Å². The zero-order valence-corrected chi connectivity index (χ0v) is 16.1. The third kappa shape index (κ3) is 3.42. The van der Waals surface area contributed by atoms with Gasteiger partial charge in [0.05, 0.1) is 33.7 Å². The molecule has 1 saturated heterocycles. The number of rotatable bonds is 8. The van der Waals surface area contributed by atoms with Crippen LogP contribution >= 0.6 is 0 Å². The number of imidazole rings is 1. The van der Waals surface area contributed by atoms with Crippen LogP contribution in [-0.4, -0.2) is 80.3 Å². The first kappa shape index (κ1) is 20.3. The van der Waals surface area contributed by atoms with Gasteiger partial charge in [-0.2, -0.15) is 4.98 Å². The zero-order valence-electron chi connectivity index (χ0n) is 16.1. The minimum absolute atomic E-state index is 0.0428. The van der Waals surface area contributed by atoms with Crippen LogP contribution in [0.3, 0.4) is 0 Å². The predicted octanol–water partition coefficient (Wildman–Crippen LogP) is -1.10. The van der Waals surface area contributed by atoms with Crippen LogP contribution in [0.15, 0.2) is 23.3 Å². The van der Waals surface area contributed by atoms with Gasteiger partial charge in [0.2, 0.25) is 11.6 Å². The first-order chi connectivity index (χ1) is 14.5. The molecular formula is C17H21N5O8. The number of furan rings is 1. The van der Waals surface area contributed by atoms with Crippen molar-refractivity contribution in [2.75, 3.05) is 20.8 Å². The van der Waals surface area contributed by atoms with Crippen molar-refractivity contribution in [1.29, 1.82) is 0 Å². The molecule has 0 aliphatic carbocycles. The molecule has 0 saturated carbocycles. The standard InChI is InChI=1S/C17H21N5O8/c1-26-10-5-28-8(13(10)27-2)3-22-17(25)14(12(24)9(4-23)30-17)29-16-11-15(19-6-18-11)20-7-21-16/h5-7,9,12,14,22-25H,3-4H2,1-2H3,(H,18,19,20,21)/t9-,12-,14+,17-/m1/s1. The van der Waals surface area contributed by atoms with Crippen molar-refractivity contribution in [3.05, 3.63) is 24.7 Å². The Morgan fingerprint density at radius 2 is 2.10 bits per heavy atom. The maximum Gasteiger partial charge on any atom is 0.267 e. The first-order valence-corrected chi connectivity index (χ1v) is 8.94. The summed E-state index contributed by atoms with van der Waals surface area (Å²) in [5.74, 6) is -1.14. The summed E-state index contributed by atoms with van der Waals surface area (Å²) in [6.07, 6.45) is 0.138. The normalized spacial score (nSPS) is 26.2. The number of hydrogen-bond donors (Lipinski definition) is 5. The Morgan fingerprint density at radius 1 is 1.27 bits per heavy atom. The van der Waals surface area contributed by atoms with Gasteiger partial charge >= 0.3 is 0 Å². The number of fused-ring (bicyclic) bond motifs is 1. The molecule has 5 N–H and O–H groups in total. The van der Waals surface area contributed by atoms with Gasteiger partial charge in [-0.1, -0.05) is 0 Å². The Hall–Kier alpha value is -2.97. The van der Waals surface area contributed by atoms with E-state index in [1.165, 1.54) is 33.1 Å². The van der Waals surface area contributed by atoms with E-state index in [2.05, 4.69) is 25.3 Å². The molecule has 13 nitrogen and oxygen atoms in total. The van der Waals surface area contributed by atoms with Gasteiger partial charge in [0.1, 0.15) is 30.3 Å². The van der Waals surface area contributed by atoms with Crippen molar-refractivity contribution in [3.63, 3.8) is 0 Å². The molecule has 4 heterocycles. The molecule has 1 aliphatic rings. The predicted molar refractivity (Wildman–Crippen MR) is 97.7 cm³/mol. The van der Waals surface area contributed by atoms with E-state index in [1.807, 2.05) is 0 Å². The summed E-state index contributed by atoms with van der Waals surface area (Å²) in [7, 11) is 2.90. The van der Waals surface area contributed by atoms with E-state index in [1.54, 1.807) is 0 Å². The smallest absolute Gasteiger partial charge is 0.267 e. The summed E-state index contributed by atoms with van der Waals surface area (Å²) in [4.78, 5) is 14.9. The number of aliphatic hydroxyl groups excluding tert-OH is 2. The molecule has 0 unspecified atom stereocenters. The van der Waals surface area contributed by atoms with Crippen LogP contribution in [0.4, 0.5) is 0 Å². The Bertz CT molecular complexity index is 1010. The third-order valence-electron chi connectivity index (χ3n) is 4.73. The summed E-state index contributed by atoms with van der Waals surface area (Å²) in [6, 6.07) is 0.